The second kappa shape index (κ2) is 11.8. The van der Waals surface area contributed by atoms with Crippen molar-refractivity contribution in [1.29, 1.82) is 0 Å². The molecule has 0 aromatic carbocycles. The minimum absolute atomic E-state index is 0.448. The number of aryl methyl sites for hydroxylation is 1. The van der Waals surface area contributed by atoms with Crippen molar-refractivity contribution in [3.63, 3.8) is 0 Å². The van der Waals surface area contributed by atoms with Crippen molar-refractivity contribution in [2.75, 3.05) is 20.8 Å². The molecule has 0 spiro atoms. The van der Waals surface area contributed by atoms with E-state index in [2.05, 4.69) is 16.9 Å². The van der Waals surface area contributed by atoms with E-state index in [1.54, 1.807) is 23.5 Å². The van der Waals surface area contributed by atoms with Crippen LogP contribution in [0.3, 0.4) is 0 Å². The summed E-state index contributed by atoms with van der Waals surface area (Å²) in [6.07, 6.45) is 12.9. The molecular formula is C23H35N3O2S. The number of ether oxygens (including phenoxy) is 2. The van der Waals surface area contributed by atoms with Gasteiger partial charge in [0.15, 0.2) is 0 Å². The molecule has 1 aromatic rings. The summed E-state index contributed by atoms with van der Waals surface area (Å²) in [7, 11) is 3.47. The topological polar surface area (TPSA) is 60.6 Å². The molecule has 5 nitrogen and oxygen atoms in total. The third-order valence-electron chi connectivity index (χ3n) is 5.20. The van der Waals surface area contributed by atoms with Crippen LogP contribution in [0.5, 0.6) is 5.19 Å². The van der Waals surface area contributed by atoms with Crippen molar-refractivity contribution in [1.82, 2.24) is 9.99 Å². The van der Waals surface area contributed by atoms with Gasteiger partial charge in [0.2, 0.25) is 0 Å². The van der Waals surface area contributed by atoms with E-state index in [-0.39, 0.29) is 0 Å². The van der Waals surface area contributed by atoms with Crippen LogP contribution in [0.1, 0.15) is 51.6 Å². The standard InChI is InChI=1S/C23H35N3O2S/c1-17-8-6-10-20(14-17)12-13-21-16-29-23(25-21)28-15-18(2)22(26(4)24)11-7-9-19(3)27-5/h7,9,11,16,20H,1,6,8,10,12-15,24H2,2-5H3/b11-7-,19-9+,22-18-. The molecule has 1 heterocycles. The van der Waals surface area contributed by atoms with Gasteiger partial charge < -0.3 is 14.5 Å². The average Bonchev–Trinajstić information content (AvgIpc) is 3.15. The summed E-state index contributed by atoms with van der Waals surface area (Å²) in [4.78, 5) is 4.65. The Kier molecular flexibility index (Phi) is 9.48. The minimum Gasteiger partial charge on any atom is -0.501 e. The van der Waals surface area contributed by atoms with Gasteiger partial charge in [-0.15, -0.1) is 0 Å². The van der Waals surface area contributed by atoms with E-state index in [4.69, 9.17) is 15.3 Å². The van der Waals surface area contributed by atoms with Gasteiger partial charge in [0.1, 0.15) is 6.61 Å². The van der Waals surface area contributed by atoms with Crippen LogP contribution in [0, 0.1) is 5.92 Å². The molecule has 29 heavy (non-hydrogen) atoms. The van der Waals surface area contributed by atoms with E-state index in [9.17, 15) is 0 Å². The van der Waals surface area contributed by atoms with Crippen molar-refractivity contribution >= 4 is 11.3 Å². The number of hydrogen-bond donors (Lipinski definition) is 1. The Labute approximate surface area is 179 Å². The van der Waals surface area contributed by atoms with Crippen LogP contribution in [0.2, 0.25) is 0 Å². The molecule has 2 N–H and O–H groups in total. The first-order chi connectivity index (χ1) is 13.9. The highest BCUT2D eigenvalue weighted by Gasteiger charge is 2.16. The first-order valence-corrected chi connectivity index (χ1v) is 11.1. The lowest BCUT2D eigenvalue weighted by Gasteiger charge is -2.22. The van der Waals surface area contributed by atoms with Gasteiger partial charge in [0.05, 0.1) is 24.3 Å². The highest BCUT2D eigenvalue weighted by Crippen LogP contribution is 2.31. The van der Waals surface area contributed by atoms with E-state index in [0.717, 1.165) is 35.1 Å². The summed E-state index contributed by atoms with van der Waals surface area (Å²) in [6.45, 7) is 8.52. The zero-order chi connectivity index (χ0) is 21.2. The molecule has 0 saturated heterocycles. The average molecular weight is 418 g/mol. The van der Waals surface area contributed by atoms with Crippen molar-refractivity contribution < 1.29 is 9.47 Å². The van der Waals surface area contributed by atoms with E-state index in [1.807, 2.05) is 39.1 Å². The summed E-state index contributed by atoms with van der Waals surface area (Å²) in [6, 6.07) is 0. The molecule has 160 valence electrons. The Morgan fingerprint density at radius 1 is 1.45 bits per heavy atom. The van der Waals surface area contributed by atoms with Crippen LogP contribution in [0.15, 0.2) is 52.8 Å². The summed E-state index contributed by atoms with van der Waals surface area (Å²) in [5.41, 5.74) is 4.47. The summed E-state index contributed by atoms with van der Waals surface area (Å²) < 4.78 is 11.1. The zero-order valence-corrected chi connectivity index (χ0v) is 19.1. The highest BCUT2D eigenvalue weighted by atomic mass is 32.1. The minimum atomic E-state index is 0.448. The van der Waals surface area contributed by atoms with Gasteiger partial charge in [-0.05, 0) is 76.0 Å². The fourth-order valence-corrected chi connectivity index (χ4v) is 4.17. The summed E-state index contributed by atoms with van der Waals surface area (Å²) in [5.74, 6) is 7.57. The maximum atomic E-state index is 5.98. The number of nitrogens with two attached hydrogens (primary N) is 1. The van der Waals surface area contributed by atoms with E-state index >= 15 is 0 Å². The maximum Gasteiger partial charge on any atom is 0.273 e. The Morgan fingerprint density at radius 3 is 2.93 bits per heavy atom. The number of methoxy groups -OCH3 is 1. The lowest BCUT2D eigenvalue weighted by Crippen LogP contribution is -2.26. The largest absolute Gasteiger partial charge is 0.501 e. The molecule has 0 aliphatic heterocycles. The van der Waals surface area contributed by atoms with Gasteiger partial charge in [0.25, 0.3) is 5.19 Å². The van der Waals surface area contributed by atoms with Gasteiger partial charge in [-0.1, -0.05) is 29.6 Å². The molecule has 1 saturated carbocycles. The normalized spacial score (nSPS) is 18.7. The Balaban J connectivity index is 1.89. The number of hydrazine groups is 1. The van der Waals surface area contributed by atoms with Crippen LogP contribution in [0.25, 0.3) is 0 Å². The van der Waals surface area contributed by atoms with Crippen molar-refractivity contribution in [2.24, 2.45) is 11.8 Å². The molecule has 6 heteroatoms. The fraction of sp³-hybridized carbons (Fsp3) is 0.522. The first kappa shape index (κ1) is 23.2. The number of likely N-dealkylation sites (N-methyl/N-ethyl adjacent to an activating group) is 1. The predicted molar refractivity (Wildman–Crippen MR) is 122 cm³/mol. The van der Waals surface area contributed by atoms with Gasteiger partial charge >= 0.3 is 0 Å². The molecule has 1 aliphatic carbocycles. The van der Waals surface area contributed by atoms with Crippen LogP contribution >= 0.6 is 11.3 Å². The second-order valence-corrected chi connectivity index (χ2v) is 8.58. The van der Waals surface area contributed by atoms with Crippen LogP contribution in [0.4, 0.5) is 0 Å². The number of aromatic nitrogens is 1. The molecule has 1 aromatic heterocycles. The molecule has 1 unspecified atom stereocenters. The van der Waals surface area contributed by atoms with Crippen molar-refractivity contribution in [3.05, 3.63) is 58.5 Å². The van der Waals surface area contributed by atoms with Gasteiger partial charge in [-0.25, -0.2) is 10.8 Å². The van der Waals surface area contributed by atoms with Crippen LogP contribution < -0.4 is 10.6 Å². The van der Waals surface area contributed by atoms with Gasteiger partial charge in [-0.2, -0.15) is 0 Å². The Bertz CT molecular complexity index is 762. The Hall–Kier alpha value is -2.05. The smallest absolute Gasteiger partial charge is 0.273 e. The number of thiazole rings is 1. The molecular weight excluding hydrogens is 382 g/mol. The van der Waals surface area contributed by atoms with E-state index < -0.39 is 0 Å². The predicted octanol–water partition coefficient (Wildman–Crippen LogP) is 5.39. The number of rotatable bonds is 10. The Morgan fingerprint density at radius 2 is 2.24 bits per heavy atom. The zero-order valence-electron chi connectivity index (χ0n) is 18.2. The van der Waals surface area contributed by atoms with Crippen LogP contribution in [-0.2, 0) is 11.2 Å². The first-order valence-electron chi connectivity index (χ1n) is 10.2. The van der Waals surface area contributed by atoms with Crippen molar-refractivity contribution in [2.45, 2.75) is 52.4 Å². The van der Waals surface area contributed by atoms with Crippen LogP contribution in [-0.4, -0.2) is 30.8 Å². The third-order valence-corrected chi connectivity index (χ3v) is 6.00. The molecule has 1 aliphatic rings. The lowest BCUT2D eigenvalue weighted by molar-refractivity contribution is 0.294. The number of allylic oxidation sites excluding steroid dienone is 5. The molecule has 0 bridgehead atoms. The third kappa shape index (κ3) is 8.07. The number of hydrogen-bond acceptors (Lipinski definition) is 6. The highest BCUT2D eigenvalue weighted by molar-refractivity contribution is 7.11. The molecule has 0 radical (unpaired) electrons. The molecule has 1 atom stereocenters. The molecule has 1 fully saturated rings. The van der Waals surface area contributed by atoms with E-state index in [0.29, 0.717) is 11.8 Å². The summed E-state index contributed by atoms with van der Waals surface area (Å²) >= 11 is 1.56. The maximum absolute atomic E-state index is 5.98. The van der Waals surface area contributed by atoms with E-state index in [1.165, 1.54) is 37.7 Å². The molecule has 2 rings (SSSR count). The van der Waals surface area contributed by atoms with Crippen molar-refractivity contribution in [3.8, 4) is 5.19 Å². The van der Waals surface area contributed by atoms with Gasteiger partial charge in [0, 0.05) is 12.4 Å². The SMILES string of the molecule is C=C1CCCC(CCc2csc(OC/C(C)=C(/C=C\C=C(/C)OC)N(C)N)n2)C1. The van der Waals surface area contributed by atoms with Gasteiger partial charge in [-0.3, -0.25) is 0 Å². The summed E-state index contributed by atoms with van der Waals surface area (Å²) in [5, 5.41) is 4.42. The quantitative estimate of drug-likeness (QED) is 0.182. The monoisotopic (exact) mass is 417 g/mol. The fourth-order valence-electron chi connectivity index (χ4n) is 3.47. The molecule has 0 amide bonds. The lowest BCUT2D eigenvalue weighted by atomic mass is 9.83. The second-order valence-electron chi connectivity index (χ2n) is 7.76. The number of nitrogens with zero attached hydrogens (tertiary/aromatic N) is 2.